The molecule has 1 N–H and O–H groups in total. The molecule has 0 unspecified atom stereocenters. The summed E-state index contributed by atoms with van der Waals surface area (Å²) < 4.78 is 5.36. The fourth-order valence-electron chi connectivity index (χ4n) is 2.21. The molecule has 5 nitrogen and oxygen atoms in total. The number of ether oxygens (including phenoxy) is 1. The van der Waals surface area contributed by atoms with Crippen LogP contribution in [0.4, 0.5) is 10.5 Å². The average Bonchev–Trinajstić information content (AvgIpc) is 2.40. The maximum atomic E-state index is 12.0. The molecule has 0 aromatic heterocycles. The Kier molecular flexibility index (Phi) is 4.52. The second-order valence-electron chi connectivity index (χ2n) is 6.06. The summed E-state index contributed by atoms with van der Waals surface area (Å²) in [5.41, 5.74) is 0.309. The Morgan fingerprint density at radius 1 is 1.24 bits per heavy atom. The molecule has 1 aromatic carbocycles. The molecule has 0 bridgehead atoms. The Morgan fingerprint density at radius 3 is 2.43 bits per heavy atom. The van der Waals surface area contributed by atoms with Gasteiger partial charge >= 0.3 is 6.09 Å². The molecule has 0 aliphatic carbocycles. The number of phenolic OH excluding ortho intramolecular Hbond substituents is 1. The number of rotatable bonds is 1. The van der Waals surface area contributed by atoms with Crippen LogP contribution in [0.5, 0.6) is 5.75 Å². The van der Waals surface area contributed by atoms with Crippen LogP contribution in [0.3, 0.4) is 0 Å². The van der Waals surface area contributed by atoms with Gasteiger partial charge < -0.3 is 19.6 Å². The van der Waals surface area contributed by atoms with Crippen molar-refractivity contribution in [3.05, 3.63) is 23.2 Å². The van der Waals surface area contributed by atoms with Crippen LogP contribution < -0.4 is 4.90 Å². The molecule has 0 radical (unpaired) electrons. The molecule has 6 heteroatoms. The van der Waals surface area contributed by atoms with Crippen molar-refractivity contribution in [2.45, 2.75) is 26.4 Å². The topological polar surface area (TPSA) is 53.0 Å². The Morgan fingerprint density at radius 2 is 1.86 bits per heavy atom. The number of hydrogen-bond donors (Lipinski definition) is 1. The van der Waals surface area contributed by atoms with E-state index in [4.69, 9.17) is 16.3 Å². The molecule has 1 aliphatic rings. The van der Waals surface area contributed by atoms with Crippen molar-refractivity contribution >= 4 is 23.4 Å². The number of piperazine rings is 1. The Labute approximate surface area is 130 Å². The number of amides is 1. The summed E-state index contributed by atoms with van der Waals surface area (Å²) in [4.78, 5) is 15.7. The third-order valence-electron chi connectivity index (χ3n) is 3.23. The highest BCUT2D eigenvalue weighted by atomic mass is 35.5. The highest BCUT2D eigenvalue weighted by Gasteiger charge is 2.26. The summed E-state index contributed by atoms with van der Waals surface area (Å²) in [6.07, 6.45) is -0.288. The maximum absolute atomic E-state index is 12.0. The number of phenols is 1. The molecule has 2 rings (SSSR count). The monoisotopic (exact) mass is 312 g/mol. The van der Waals surface area contributed by atoms with Crippen LogP contribution in [0.15, 0.2) is 18.2 Å². The number of carbonyl (C=O) groups excluding carboxylic acids is 1. The van der Waals surface area contributed by atoms with Crippen LogP contribution in [-0.4, -0.2) is 47.9 Å². The van der Waals surface area contributed by atoms with E-state index in [1.165, 1.54) is 0 Å². The highest BCUT2D eigenvalue weighted by Crippen LogP contribution is 2.33. The van der Waals surface area contributed by atoms with Gasteiger partial charge in [-0.2, -0.15) is 0 Å². The molecule has 21 heavy (non-hydrogen) atoms. The number of nitrogens with zero attached hydrogens (tertiary/aromatic N) is 2. The molecule has 0 atom stereocenters. The fraction of sp³-hybridized carbons (Fsp3) is 0.533. The fourth-order valence-corrected chi connectivity index (χ4v) is 2.45. The Balaban J connectivity index is 1.97. The average molecular weight is 313 g/mol. The number of carbonyl (C=O) groups is 1. The van der Waals surface area contributed by atoms with Gasteiger partial charge in [0.05, 0.1) is 5.69 Å². The molecule has 0 saturated carbocycles. The van der Waals surface area contributed by atoms with Gasteiger partial charge in [0.25, 0.3) is 0 Å². The van der Waals surface area contributed by atoms with Gasteiger partial charge in [0.1, 0.15) is 16.4 Å². The predicted molar refractivity (Wildman–Crippen MR) is 83.1 cm³/mol. The van der Waals surface area contributed by atoms with Crippen LogP contribution in [-0.2, 0) is 4.74 Å². The second kappa shape index (κ2) is 6.02. The minimum atomic E-state index is -0.483. The summed E-state index contributed by atoms with van der Waals surface area (Å²) >= 11 is 6.12. The van der Waals surface area contributed by atoms with Crippen molar-refractivity contribution < 1.29 is 14.6 Å². The van der Waals surface area contributed by atoms with Gasteiger partial charge in [0, 0.05) is 26.2 Å². The van der Waals surface area contributed by atoms with Crippen LogP contribution in [0.25, 0.3) is 0 Å². The summed E-state index contributed by atoms with van der Waals surface area (Å²) in [6.45, 7) is 8.02. The molecule has 1 saturated heterocycles. The molecule has 1 fully saturated rings. The molecular formula is C15H21ClN2O3. The van der Waals surface area contributed by atoms with Crippen molar-refractivity contribution in [1.29, 1.82) is 0 Å². The van der Waals surface area contributed by atoms with Crippen LogP contribution in [0.2, 0.25) is 5.02 Å². The van der Waals surface area contributed by atoms with Gasteiger partial charge in [-0.05, 0) is 32.9 Å². The Hall–Kier alpha value is -1.62. The number of aromatic hydroxyl groups is 1. The maximum Gasteiger partial charge on any atom is 0.410 e. The van der Waals surface area contributed by atoms with Crippen LogP contribution >= 0.6 is 11.6 Å². The van der Waals surface area contributed by atoms with Gasteiger partial charge in [0.15, 0.2) is 0 Å². The first-order valence-corrected chi connectivity index (χ1v) is 7.36. The SMILES string of the molecule is CC(C)(C)OC(=O)N1CCN(c2cccc(O)c2Cl)CC1. The van der Waals surface area contributed by atoms with Crippen molar-refractivity contribution in [3.63, 3.8) is 0 Å². The summed E-state index contributed by atoms with van der Waals surface area (Å²) in [6, 6.07) is 5.19. The van der Waals surface area contributed by atoms with Crippen molar-refractivity contribution in [2.75, 3.05) is 31.1 Å². The standard InChI is InChI=1S/C15H21ClN2O3/c1-15(2,3)21-14(20)18-9-7-17(8-10-18)11-5-4-6-12(19)13(11)16/h4-6,19H,7-10H2,1-3H3. The number of benzene rings is 1. The lowest BCUT2D eigenvalue weighted by atomic mass is 10.2. The molecule has 1 aliphatic heterocycles. The lowest BCUT2D eigenvalue weighted by Crippen LogP contribution is -2.50. The zero-order valence-corrected chi connectivity index (χ0v) is 13.4. The number of hydrogen-bond acceptors (Lipinski definition) is 4. The number of halogens is 1. The van der Waals surface area contributed by atoms with Crippen LogP contribution in [0.1, 0.15) is 20.8 Å². The van der Waals surface area contributed by atoms with Gasteiger partial charge in [-0.3, -0.25) is 0 Å². The Bertz CT molecular complexity index is 520. The highest BCUT2D eigenvalue weighted by molar-refractivity contribution is 6.34. The minimum Gasteiger partial charge on any atom is -0.506 e. The summed E-state index contributed by atoms with van der Waals surface area (Å²) in [5, 5.41) is 10.0. The first kappa shape index (κ1) is 15.8. The first-order valence-electron chi connectivity index (χ1n) is 6.98. The predicted octanol–water partition coefficient (Wildman–Crippen LogP) is 3.10. The van der Waals surface area contributed by atoms with E-state index >= 15 is 0 Å². The molecule has 1 aromatic rings. The molecule has 1 heterocycles. The molecule has 1 amide bonds. The van der Waals surface area contributed by atoms with Crippen molar-refractivity contribution in [1.82, 2.24) is 4.90 Å². The lowest BCUT2D eigenvalue weighted by Gasteiger charge is -2.37. The van der Waals surface area contributed by atoms with E-state index in [9.17, 15) is 9.90 Å². The minimum absolute atomic E-state index is 0.0729. The molecular weight excluding hydrogens is 292 g/mol. The second-order valence-corrected chi connectivity index (χ2v) is 6.44. The largest absolute Gasteiger partial charge is 0.506 e. The molecule has 116 valence electrons. The van der Waals surface area contributed by atoms with Gasteiger partial charge in [-0.1, -0.05) is 17.7 Å². The van der Waals surface area contributed by atoms with E-state index in [1.807, 2.05) is 26.8 Å². The summed E-state index contributed by atoms with van der Waals surface area (Å²) in [5.74, 6) is 0.0729. The van der Waals surface area contributed by atoms with E-state index in [0.717, 1.165) is 5.69 Å². The number of anilines is 1. The van der Waals surface area contributed by atoms with Crippen LogP contribution in [0, 0.1) is 0 Å². The van der Waals surface area contributed by atoms with Gasteiger partial charge in [-0.25, -0.2) is 4.79 Å². The zero-order chi connectivity index (χ0) is 15.6. The van der Waals surface area contributed by atoms with E-state index < -0.39 is 5.60 Å². The smallest absolute Gasteiger partial charge is 0.410 e. The quantitative estimate of drug-likeness (QED) is 0.865. The molecule has 0 spiro atoms. The normalized spacial score (nSPS) is 16.0. The lowest BCUT2D eigenvalue weighted by molar-refractivity contribution is 0.0240. The first-order chi connectivity index (χ1) is 9.78. The summed E-state index contributed by atoms with van der Waals surface area (Å²) in [7, 11) is 0. The third-order valence-corrected chi connectivity index (χ3v) is 3.62. The van der Waals surface area contributed by atoms with Gasteiger partial charge in [-0.15, -0.1) is 0 Å². The van der Waals surface area contributed by atoms with E-state index in [2.05, 4.69) is 4.90 Å². The van der Waals surface area contributed by atoms with E-state index in [-0.39, 0.29) is 11.8 Å². The van der Waals surface area contributed by atoms with E-state index in [1.54, 1.807) is 17.0 Å². The van der Waals surface area contributed by atoms with Crippen molar-refractivity contribution in [3.8, 4) is 5.75 Å². The van der Waals surface area contributed by atoms with Crippen molar-refractivity contribution in [2.24, 2.45) is 0 Å². The third kappa shape index (κ3) is 3.94. The van der Waals surface area contributed by atoms with E-state index in [0.29, 0.717) is 31.2 Å². The zero-order valence-electron chi connectivity index (χ0n) is 12.6. The van der Waals surface area contributed by atoms with Gasteiger partial charge in [0.2, 0.25) is 0 Å².